The fourth-order valence-electron chi connectivity index (χ4n) is 3.46. The summed E-state index contributed by atoms with van der Waals surface area (Å²) in [7, 11) is 1.25. The molecule has 27 heavy (non-hydrogen) atoms. The van der Waals surface area contributed by atoms with Gasteiger partial charge in [0.25, 0.3) is 0 Å². The van der Waals surface area contributed by atoms with Gasteiger partial charge in [-0.05, 0) is 24.1 Å². The summed E-state index contributed by atoms with van der Waals surface area (Å²) in [5.41, 5.74) is 2.04. The minimum absolute atomic E-state index is 0.0164. The Kier molecular flexibility index (Phi) is 5.54. The van der Waals surface area contributed by atoms with Crippen molar-refractivity contribution in [3.05, 3.63) is 64.7 Å². The Hall–Kier alpha value is -2.76. The smallest absolute Gasteiger partial charge is 0.224 e. The molecule has 3 rings (SSSR count). The number of nitrogens with one attached hydrogen (secondary N) is 1. The van der Waals surface area contributed by atoms with Crippen LogP contribution in [0.3, 0.4) is 0 Å². The lowest BCUT2D eigenvalue weighted by Gasteiger charge is -2.18. The average molecular weight is 373 g/mol. The highest BCUT2D eigenvalue weighted by molar-refractivity contribution is 5.90. The van der Waals surface area contributed by atoms with Gasteiger partial charge in [0.15, 0.2) is 11.6 Å². The van der Waals surface area contributed by atoms with E-state index in [4.69, 9.17) is 4.74 Å². The number of carbonyl (C=O) groups is 2. The van der Waals surface area contributed by atoms with E-state index in [2.05, 4.69) is 5.32 Å². The van der Waals surface area contributed by atoms with Gasteiger partial charge >= 0.3 is 0 Å². The van der Waals surface area contributed by atoms with Crippen LogP contribution in [0.5, 0.6) is 5.75 Å². The lowest BCUT2D eigenvalue weighted by atomic mass is 9.84. The topological polar surface area (TPSA) is 55.4 Å². The first-order valence-electron chi connectivity index (χ1n) is 8.77. The summed E-state index contributed by atoms with van der Waals surface area (Å²) in [5.74, 6) is -3.28. The van der Waals surface area contributed by atoms with Crippen LogP contribution >= 0.6 is 0 Å². The highest BCUT2D eigenvalue weighted by Crippen LogP contribution is 2.35. The first-order chi connectivity index (χ1) is 12.9. The summed E-state index contributed by atoms with van der Waals surface area (Å²) in [6.07, 6.45) is 0.188. The molecule has 0 aliphatic carbocycles. The van der Waals surface area contributed by atoms with Gasteiger partial charge in [-0.3, -0.25) is 9.59 Å². The summed E-state index contributed by atoms with van der Waals surface area (Å²) < 4.78 is 33.2. The first kappa shape index (κ1) is 19.0. The number of ketones is 1. The zero-order valence-electron chi connectivity index (χ0n) is 15.2. The molecule has 1 fully saturated rings. The van der Waals surface area contributed by atoms with E-state index in [0.717, 1.165) is 23.3 Å². The van der Waals surface area contributed by atoms with E-state index in [0.29, 0.717) is 0 Å². The molecule has 1 amide bonds. The molecule has 142 valence electrons. The van der Waals surface area contributed by atoms with Gasteiger partial charge < -0.3 is 10.1 Å². The Balaban J connectivity index is 1.77. The quantitative estimate of drug-likeness (QED) is 0.845. The predicted octanol–water partition coefficient (Wildman–Crippen LogP) is 3.31. The largest absolute Gasteiger partial charge is 0.494 e. The van der Waals surface area contributed by atoms with Crippen molar-refractivity contribution in [3.8, 4) is 5.75 Å². The maximum atomic E-state index is 14.4. The monoisotopic (exact) mass is 373 g/mol. The minimum atomic E-state index is -0.717. The van der Waals surface area contributed by atoms with Crippen LogP contribution in [0, 0.1) is 24.5 Å². The van der Waals surface area contributed by atoms with Crippen LogP contribution in [0.4, 0.5) is 8.78 Å². The van der Waals surface area contributed by atoms with Crippen molar-refractivity contribution in [1.29, 1.82) is 0 Å². The maximum absolute atomic E-state index is 14.4. The van der Waals surface area contributed by atoms with E-state index >= 15 is 0 Å². The number of amides is 1. The molecule has 6 heteroatoms. The average Bonchev–Trinajstić information content (AvgIpc) is 2.99. The molecule has 0 bridgehead atoms. The van der Waals surface area contributed by atoms with Crippen LogP contribution in [0.25, 0.3) is 0 Å². The summed E-state index contributed by atoms with van der Waals surface area (Å²) >= 11 is 0. The Labute approximate surface area is 156 Å². The molecule has 2 atom stereocenters. The van der Waals surface area contributed by atoms with Gasteiger partial charge in [-0.25, -0.2) is 8.78 Å². The van der Waals surface area contributed by atoms with Gasteiger partial charge in [-0.15, -0.1) is 0 Å². The molecule has 0 saturated carbocycles. The number of aryl methyl sites for hydroxylation is 1. The van der Waals surface area contributed by atoms with E-state index in [-0.39, 0.29) is 42.4 Å². The first-order valence-corrected chi connectivity index (χ1v) is 8.77. The molecule has 1 saturated heterocycles. The normalized spacial score (nSPS) is 19.0. The highest BCUT2D eigenvalue weighted by Gasteiger charge is 2.38. The number of halogens is 2. The molecular weight excluding hydrogens is 352 g/mol. The van der Waals surface area contributed by atoms with Crippen LogP contribution in [-0.2, 0) is 16.0 Å². The van der Waals surface area contributed by atoms with Gasteiger partial charge in [0.05, 0.1) is 13.0 Å². The van der Waals surface area contributed by atoms with Crippen molar-refractivity contribution in [3.63, 3.8) is 0 Å². The van der Waals surface area contributed by atoms with Gasteiger partial charge in [-0.2, -0.15) is 0 Å². The zero-order chi connectivity index (χ0) is 19.6. The van der Waals surface area contributed by atoms with E-state index < -0.39 is 23.5 Å². The summed E-state index contributed by atoms with van der Waals surface area (Å²) in [4.78, 5) is 24.7. The van der Waals surface area contributed by atoms with Crippen LogP contribution in [0.2, 0.25) is 0 Å². The molecule has 2 aromatic carbocycles. The second-order valence-corrected chi connectivity index (χ2v) is 6.87. The number of benzene rings is 2. The lowest BCUT2D eigenvalue weighted by Crippen LogP contribution is -2.23. The number of Topliss-reactive ketones (excluding diaryl/α,β-unsaturated/α-hetero) is 1. The van der Waals surface area contributed by atoms with Crippen LogP contribution < -0.4 is 10.1 Å². The fraction of sp³-hybridized carbons (Fsp3) is 0.333. The fourth-order valence-corrected chi connectivity index (χ4v) is 3.46. The SMILES string of the molecule is COc1cc(F)c([C@@H]2CNC(=O)[C@H]2CC(=O)Cc2ccc(C)cc2)cc1F. The third-order valence-corrected chi connectivity index (χ3v) is 4.96. The predicted molar refractivity (Wildman–Crippen MR) is 96.7 cm³/mol. The molecule has 0 radical (unpaired) electrons. The van der Waals surface area contributed by atoms with Gasteiger partial charge in [0.1, 0.15) is 11.6 Å². The van der Waals surface area contributed by atoms with Crippen molar-refractivity contribution < 1.29 is 23.1 Å². The number of methoxy groups -OCH3 is 1. The Morgan fingerprint density at radius 3 is 2.56 bits per heavy atom. The molecule has 1 aliphatic rings. The number of hydrogen-bond acceptors (Lipinski definition) is 3. The Bertz CT molecular complexity index is 864. The Morgan fingerprint density at radius 1 is 1.19 bits per heavy atom. The molecule has 4 nitrogen and oxygen atoms in total. The third-order valence-electron chi connectivity index (χ3n) is 4.96. The number of hydrogen-bond donors (Lipinski definition) is 1. The molecule has 0 aromatic heterocycles. The molecule has 0 spiro atoms. The van der Waals surface area contributed by atoms with Gasteiger partial charge in [0.2, 0.25) is 5.91 Å². The van der Waals surface area contributed by atoms with Crippen molar-refractivity contribution >= 4 is 11.7 Å². The van der Waals surface area contributed by atoms with E-state index in [1.165, 1.54) is 7.11 Å². The van der Waals surface area contributed by atoms with Gasteiger partial charge in [0, 0.05) is 31.4 Å². The number of rotatable bonds is 6. The molecule has 2 aromatic rings. The zero-order valence-corrected chi connectivity index (χ0v) is 15.2. The molecule has 1 heterocycles. The second kappa shape index (κ2) is 7.86. The second-order valence-electron chi connectivity index (χ2n) is 6.87. The van der Waals surface area contributed by atoms with Crippen LogP contribution in [0.15, 0.2) is 36.4 Å². The summed E-state index contributed by atoms with van der Waals surface area (Å²) in [6, 6.07) is 9.61. The molecule has 1 N–H and O–H groups in total. The van der Waals surface area contributed by atoms with E-state index in [9.17, 15) is 18.4 Å². The number of carbonyl (C=O) groups excluding carboxylic acids is 2. The molecular formula is C21H21F2NO3. The van der Waals surface area contributed by atoms with Crippen molar-refractivity contribution in [2.75, 3.05) is 13.7 Å². The van der Waals surface area contributed by atoms with Crippen LogP contribution in [-0.4, -0.2) is 25.3 Å². The number of ether oxygens (including phenoxy) is 1. The molecule has 1 aliphatic heterocycles. The molecule has 0 unspecified atom stereocenters. The lowest BCUT2D eigenvalue weighted by molar-refractivity contribution is -0.127. The minimum Gasteiger partial charge on any atom is -0.494 e. The van der Waals surface area contributed by atoms with Crippen LogP contribution in [0.1, 0.15) is 29.0 Å². The summed E-state index contributed by atoms with van der Waals surface area (Å²) in [6.45, 7) is 2.13. The maximum Gasteiger partial charge on any atom is 0.224 e. The standard InChI is InChI=1S/C21H21F2NO3/c1-12-3-5-13(6-4-12)7-14(25)8-16-17(11-24-21(16)26)15-9-19(23)20(27-2)10-18(15)22/h3-6,9-10,16-17H,7-8,11H2,1-2H3,(H,24,26)/t16-,17-/m0/s1. The summed E-state index contributed by atoms with van der Waals surface area (Å²) in [5, 5.41) is 2.66. The van der Waals surface area contributed by atoms with Crippen molar-refractivity contribution in [2.24, 2.45) is 5.92 Å². The van der Waals surface area contributed by atoms with Gasteiger partial charge in [-0.1, -0.05) is 29.8 Å². The Morgan fingerprint density at radius 2 is 1.89 bits per heavy atom. The van der Waals surface area contributed by atoms with E-state index in [1.54, 1.807) is 0 Å². The third kappa shape index (κ3) is 4.15. The highest BCUT2D eigenvalue weighted by atomic mass is 19.1. The van der Waals surface area contributed by atoms with Crippen molar-refractivity contribution in [2.45, 2.75) is 25.7 Å². The van der Waals surface area contributed by atoms with Crippen molar-refractivity contribution in [1.82, 2.24) is 5.32 Å². The van der Waals surface area contributed by atoms with E-state index in [1.807, 2.05) is 31.2 Å².